The molecule has 0 aromatic rings. The summed E-state index contributed by atoms with van der Waals surface area (Å²) in [6.45, 7) is 25.5. The second kappa shape index (κ2) is 12.1. The normalized spacial score (nSPS) is 13.2. The first-order valence-electron chi connectivity index (χ1n) is 11.1. The molecule has 0 saturated carbocycles. The van der Waals surface area contributed by atoms with Crippen molar-refractivity contribution in [1.82, 2.24) is 15.5 Å². The predicted octanol–water partition coefficient (Wildman–Crippen LogP) is 4.36. The monoisotopic (exact) mass is 461 g/mol. The van der Waals surface area contributed by atoms with E-state index in [-0.39, 0.29) is 5.04 Å². The molecule has 0 atom stereocenters. The predicted molar refractivity (Wildman–Crippen MR) is 128 cm³/mol. The average molecular weight is 462 g/mol. The summed E-state index contributed by atoms with van der Waals surface area (Å²) in [5.74, 6) is 0. The van der Waals surface area contributed by atoms with Crippen molar-refractivity contribution >= 4 is 20.5 Å². The Kier molecular flexibility index (Phi) is 11.5. The van der Waals surface area contributed by atoms with Gasteiger partial charge >= 0.3 is 12.2 Å². The maximum absolute atomic E-state index is 11.9. The van der Waals surface area contributed by atoms with Crippen LogP contribution in [0.25, 0.3) is 0 Å². The third-order valence-electron chi connectivity index (χ3n) is 4.87. The average Bonchev–Trinajstić information content (AvgIpc) is 2.49. The van der Waals surface area contributed by atoms with E-state index in [9.17, 15) is 9.59 Å². The standard InChI is InChI=1S/C22H47N3O5Si/c1-20(2,3)29-18(26)23-12-14-25(15-13-24-19(27)30-21(4,5)6)16-17-28-31(10,11)22(7,8)9/h12-17H2,1-11H3,(H,23,26)(H,24,27). The summed E-state index contributed by atoms with van der Waals surface area (Å²) in [5.41, 5.74) is -1.06. The summed E-state index contributed by atoms with van der Waals surface area (Å²) < 4.78 is 16.8. The molecule has 0 rings (SSSR count). The van der Waals surface area contributed by atoms with Crippen molar-refractivity contribution in [2.75, 3.05) is 39.3 Å². The lowest BCUT2D eigenvalue weighted by Gasteiger charge is -2.37. The Bertz CT molecular complexity index is 529. The van der Waals surface area contributed by atoms with Gasteiger partial charge in [0.05, 0.1) is 0 Å². The van der Waals surface area contributed by atoms with Crippen LogP contribution in [0.4, 0.5) is 9.59 Å². The van der Waals surface area contributed by atoms with Crippen LogP contribution in [0, 0.1) is 0 Å². The SMILES string of the molecule is CC(C)(C)OC(=O)NCCN(CCNC(=O)OC(C)(C)C)CCO[Si](C)(C)C(C)(C)C. The molecule has 31 heavy (non-hydrogen) atoms. The number of hydrogen-bond acceptors (Lipinski definition) is 6. The van der Waals surface area contributed by atoms with Gasteiger partial charge in [-0.3, -0.25) is 4.90 Å². The zero-order valence-electron chi connectivity index (χ0n) is 21.7. The van der Waals surface area contributed by atoms with Crippen molar-refractivity contribution in [3.05, 3.63) is 0 Å². The minimum atomic E-state index is -1.83. The summed E-state index contributed by atoms with van der Waals surface area (Å²) in [6.07, 6.45) is -0.867. The molecule has 0 aliphatic rings. The van der Waals surface area contributed by atoms with Crippen molar-refractivity contribution in [1.29, 1.82) is 0 Å². The fraction of sp³-hybridized carbons (Fsp3) is 0.909. The molecule has 0 heterocycles. The zero-order chi connectivity index (χ0) is 24.5. The number of rotatable bonds is 10. The molecule has 0 bridgehead atoms. The number of alkyl carbamates (subject to hydrolysis) is 2. The molecule has 0 fully saturated rings. The number of hydrogen-bond donors (Lipinski definition) is 2. The third kappa shape index (κ3) is 15.2. The van der Waals surface area contributed by atoms with Gasteiger partial charge in [0, 0.05) is 39.3 Å². The van der Waals surface area contributed by atoms with E-state index in [2.05, 4.69) is 49.4 Å². The number of nitrogens with one attached hydrogen (secondary N) is 2. The third-order valence-corrected chi connectivity index (χ3v) is 9.41. The van der Waals surface area contributed by atoms with E-state index < -0.39 is 31.7 Å². The number of nitrogens with zero attached hydrogens (tertiary/aromatic N) is 1. The minimum absolute atomic E-state index is 0.147. The second-order valence-corrected chi connectivity index (χ2v) is 16.1. The molecule has 0 aromatic carbocycles. The van der Waals surface area contributed by atoms with Crippen LogP contribution in [0.5, 0.6) is 0 Å². The summed E-state index contributed by atoms with van der Waals surface area (Å²) in [5, 5.41) is 5.71. The largest absolute Gasteiger partial charge is 0.444 e. The number of carbonyl (C=O) groups excluding carboxylic acids is 2. The van der Waals surface area contributed by atoms with E-state index in [1.54, 1.807) is 0 Å². The summed E-state index contributed by atoms with van der Waals surface area (Å²) >= 11 is 0. The van der Waals surface area contributed by atoms with Crippen LogP contribution in [0.2, 0.25) is 18.1 Å². The van der Waals surface area contributed by atoms with Gasteiger partial charge in [-0.05, 0) is 59.7 Å². The number of carbonyl (C=O) groups is 2. The van der Waals surface area contributed by atoms with E-state index in [1.807, 2.05) is 41.5 Å². The molecule has 2 amide bonds. The Balaban J connectivity index is 4.67. The quantitative estimate of drug-likeness (QED) is 0.470. The second-order valence-electron chi connectivity index (χ2n) is 11.3. The van der Waals surface area contributed by atoms with Crippen molar-refractivity contribution < 1.29 is 23.5 Å². The molecule has 8 nitrogen and oxygen atoms in total. The molecule has 0 unspecified atom stereocenters. The lowest BCUT2D eigenvalue weighted by Crippen LogP contribution is -2.45. The van der Waals surface area contributed by atoms with E-state index in [0.29, 0.717) is 39.3 Å². The first-order chi connectivity index (χ1) is 13.8. The molecule has 0 radical (unpaired) electrons. The van der Waals surface area contributed by atoms with Crippen LogP contribution in [0.15, 0.2) is 0 Å². The topological polar surface area (TPSA) is 89.1 Å². The first-order valence-corrected chi connectivity index (χ1v) is 14.0. The lowest BCUT2D eigenvalue weighted by molar-refractivity contribution is 0.0520. The van der Waals surface area contributed by atoms with Crippen molar-refractivity contribution in [2.24, 2.45) is 0 Å². The fourth-order valence-corrected chi connectivity index (χ4v) is 3.28. The first kappa shape index (κ1) is 29.7. The highest BCUT2D eigenvalue weighted by Gasteiger charge is 2.37. The van der Waals surface area contributed by atoms with Gasteiger partial charge in [0.25, 0.3) is 0 Å². The van der Waals surface area contributed by atoms with Gasteiger partial charge in [-0.1, -0.05) is 20.8 Å². The molecule has 184 valence electrons. The molecular formula is C22H47N3O5Si. The van der Waals surface area contributed by atoms with E-state index in [4.69, 9.17) is 13.9 Å². The van der Waals surface area contributed by atoms with Gasteiger partial charge in [-0.25, -0.2) is 9.59 Å². The Morgan fingerprint density at radius 2 is 1.13 bits per heavy atom. The lowest BCUT2D eigenvalue weighted by atomic mass is 10.2. The van der Waals surface area contributed by atoms with Gasteiger partial charge in [0.15, 0.2) is 8.32 Å². The van der Waals surface area contributed by atoms with Crippen molar-refractivity contribution in [2.45, 2.75) is 91.6 Å². The van der Waals surface area contributed by atoms with Gasteiger partial charge in [-0.2, -0.15) is 0 Å². The Morgan fingerprint density at radius 3 is 1.45 bits per heavy atom. The molecule has 0 spiro atoms. The van der Waals surface area contributed by atoms with Gasteiger partial charge in [-0.15, -0.1) is 0 Å². The molecule has 0 aliphatic carbocycles. The Hall–Kier alpha value is -1.32. The van der Waals surface area contributed by atoms with Gasteiger partial charge < -0.3 is 24.5 Å². The minimum Gasteiger partial charge on any atom is -0.444 e. The maximum Gasteiger partial charge on any atom is 0.407 e. The highest BCUT2D eigenvalue weighted by atomic mass is 28.4. The summed E-state index contributed by atoms with van der Waals surface area (Å²) in [7, 11) is -1.83. The van der Waals surface area contributed by atoms with Crippen LogP contribution in [-0.2, 0) is 13.9 Å². The molecule has 0 saturated heterocycles. The fourth-order valence-electron chi connectivity index (χ4n) is 2.24. The van der Waals surface area contributed by atoms with Crippen LogP contribution < -0.4 is 10.6 Å². The van der Waals surface area contributed by atoms with Crippen molar-refractivity contribution in [3.63, 3.8) is 0 Å². The highest BCUT2D eigenvalue weighted by Crippen LogP contribution is 2.36. The summed E-state index contributed by atoms with van der Waals surface area (Å²) in [6, 6.07) is 0. The molecule has 0 aromatic heterocycles. The van der Waals surface area contributed by atoms with Crippen LogP contribution in [0.1, 0.15) is 62.3 Å². The van der Waals surface area contributed by atoms with E-state index in [1.165, 1.54) is 0 Å². The highest BCUT2D eigenvalue weighted by molar-refractivity contribution is 6.74. The molecule has 9 heteroatoms. The van der Waals surface area contributed by atoms with E-state index >= 15 is 0 Å². The van der Waals surface area contributed by atoms with Crippen LogP contribution in [-0.4, -0.2) is 75.9 Å². The van der Waals surface area contributed by atoms with Crippen molar-refractivity contribution in [3.8, 4) is 0 Å². The van der Waals surface area contributed by atoms with Gasteiger partial charge in [0.1, 0.15) is 11.2 Å². The smallest absolute Gasteiger partial charge is 0.407 e. The molecular weight excluding hydrogens is 414 g/mol. The number of ether oxygens (including phenoxy) is 2. The number of amides is 2. The van der Waals surface area contributed by atoms with Crippen LogP contribution in [0.3, 0.4) is 0 Å². The Labute approximate surface area is 190 Å². The van der Waals surface area contributed by atoms with E-state index in [0.717, 1.165) is 0 Å². The summed E-state index contributed by atoms with van der Waals surface area (Å²) in [4.78, 5) is 25.9. The van der Waals surface area contributed by atoms with Crippen LogP contribution >= 0.6 is 0 Å². The molecule has 0 aliphatic heterocycles. The zero-order valence-corrected chi connectivity index (χ0v) is 22.7. The Morgan fingerprint density at radius 1 is 0.742 bits per heavy atom. The van der Waals surface area contributed by atoms with Gasteiger partial charge in [0.2, 0.25) is 0 Å². The maximum atomic E-state index is 11.9. The molecule has 2 N–H and O–H groups in total.